The van der Waals surface area contributed by atoms with Gasteiger partial charge in [-0.1, -0.05) is 59.7 Å². The SMILES string of the molecule is Cc1cccc(CCNC(=O)NCc2cccc(C)c2)c1. The van der Waals surface area contributed by atoms with Gasteiger partial charge in [0.1, 0.15) is 0 Å². The summed E-state index contributed by atoms with van der Waals surface area (Å²) < 4.78 is 0. The molecule has 0 atom stereocenters. The molecule has 2 rings (SSSR count). The molecular formula is C18H22N2O. The minimum absolute atomic E-state index is 0.121. The summed E-state index contributed by atoms with van der Waals surface area (Å²) in [6.45, 7) is 5.32. The molecule has 0 saturated carbocycles. The van der Waals surface area contributed by atoms with Gasteiger partial charge in [-0.2, -0.15) is 0 Å². The fourth-order valence-electron chi connectivity index (χ4n) is 2.25. The van der Waals surface area contributed by atoms with Crippen LogP contribution in [-0.4, -0.2) is 12.6 Å². The molecule has 0 aliphatic carbocycles. The zero-order valence-corrected chi connectivity index (χ0v) is 12.6. The molecule has 110 valence electrons. The molecule has 0 unspecified atom stereocenters. The van der Waals surface area contributed by atoms with E-state index in [2.05, 4.69) is 41.8 Å². The molecule has 0 aromatic heterocycles. The number of carbonyl (C=O) groups excluding carboxylic acids is 1. The van der Waals surface area contributed by atoms with Crippen LogP contribution in [0.4, 0.5) is 4.79 Å². The number of nitrogens with one attached hydrogen (secondary N) is 2. The van der Waals surface area contributed by atoms with Gasteiger partial charge in [0.25, 0.3) is 0 Å². The van der Waals surface area contributed by atoms with Crippen molar-refractivity contribution in [3.63, 3.8) is 0 Å². The highest BCUT2D eigenvalue weighted by Crippen LogP contribution is 2.04. The lowest BCUT2D eigenvalue weighted by Crippen LogP contribution is -2.36. The number of amides is 2. The average molecular weight is 282 g/mol. The van der Waals surface area contributed by atoms with Crippen molar-refractivity contribution in [1.82, 2.24) is 10.6 Å². The van der Waals surface area contributed by atoms with Crippen molar-refractivity contribution < 1.29 is 4.79 Å². The summed E-state index contributed by atoms with van der Waals surface area (Å²) in [5.74, 6) is 0. The first kappa shape index (κ1) is 15.1. The van der Waals surface area contributed by atoms with E-state index in [-0.39, 0.29) is 6.03 Å². The number of urea groups is 1. The van der Waals surface area contributed by atoms with E-state index < -0.39 is 0 Å². The van der Waals surface area contributed by atoms with Gasteiger partial charge >= 0.3 is 6.03 Å². The Kier molecular flexibility index (Phi) is 5.38. The predicted molar refractivity (Wildman–Crippen MR) is 86.3 cm³/mol. The number of carbonyl (C=O) groups is 1. The maximum absolute atomic E-state index is 11.7. The van der Waals surface area contributed by atoms with E-state index in [1.165, 1.54) is 16.7 Å². The molecule has 2 aromatic rings. The third-order valence-electron chi connectivity index (χ3n) is 3.32. The first-order valence-electron chi connectivity index (χ1n) is 7.26. The highest BCUT2D eigenvalue weighted by atomic mass is 16.2. The minimum Gasteiger partial charge on any atom is -0.338 e. The molecular weight excluding hydrogens is 260 g/mol. The minimum atomic E-state index is -0.121. The van der Waals surface area contributed by atoms with Crippen LogP contribution in [0.25, 0.3) is 0 Å². The summed E-state index contributed by atoms with van der Waals surface area (Å²) in [5.41, 5.74) is 4.81. The molecule has 3 nitrogen and oxygen atoms in total. The monoisotopic (exact) mass is 282 g/mol. The first-order valence-corrected chi connectivity index (χ1v) is 7.26. The lowest BCUT2D eigenvalue weighted by Gasteiger charge is -2.08. The van der Waals surface area contributed by atoms with Crippen LogP contribution in [0.3, 0.4) is 0 Å². The number of benzene rings is 2. The second-order valence-corrected chi connectivity index (χ2v) is 5.34. The highest BCUT2D eigenvalue weighted by Gasteiger charge is 2.00. The molecule has 2 aromatic carbocycles. The Morgan fingerprint density at radius 3 is 2.19 bits per heavy atom. The van der Waals surface area contributed by atoms with Gasteiger partial charge in [0.2, 0.25) is 0 Å². The van der Waals surface area contributed by atoms with Crippen molar-refractivity contribution in [2.45, 2.75) is 26.8 Å². The third kappa shape index (κ3) is 5.30. The van der Waals surface area contributed by atoms with E-state index in [1.807, 2.05) is 31.2 Å². The summed E-state index contributed by atoms with van der Waals surface area (Å²) in [4.78, 5) is 11.7. The summed E-state index contributed by atoms with van der Waals surface area (Å²) in [5, 5.41) is 5.76. The first-order chi connectivity index (χ1) is 10.1. The van der Waals surface area contributed by atoms with Gasteiger partial charge < -0.3 is 10.6 Å². The molecule has 21 heavy (non-hydrogen) atoms. The fraction of sp³-hybridized carbons (Fsp3) is 0.278. The molecule has 0 spiro atoms. The zero-order chi connectivity index (χ0) is 15.1. The molecule has 0 saturated heterocycles. The number of hydrogen-bond donors (Lipinski definition) is 2. The van der Waals surface area contributed by atoms with E-state index in [0.29, 0.717) is 13.1 Å². The van der Waals surface area contributed by atoms with E-state index in [0.717, 1.165) is 12.0 Å². The van der Waals surface area contributed by atoms with Gasteiger partial charge in [-0.25, -0.2) is 4.79 Å². The molecule has 0 aliphatic rings. The molecule has 0 heterocycles. The standard InChI is InChI=1S/C18H22N2O/c1-14-5-3-7-16(11-14)9-10-19-18(21)20-13-17-8-4-6-15(2)12-17/h3-8,11-12H,9-10,13H2,1-2H3,(H2,19,20,21). The van der Waals surface area contributed by atoms with Gasteiger partial charge in [0, 0.05) is 13.1 Å². The van der Waals surface area contributed by atoms with Gasteiger partial charge in [0.05, 0.1) is 0 Å². The van der Waals surface area contributed by atoms with Crippen LogP contribution in [0.2, 0.25) is 0 Å². The Bertz CT molecular complexity index is 608. The van der Waals surface area contributed by atoms with Crippen LogP contribution < -0.4 is 10.6 Å². The van der Waals surface area contributed by atoms with Crippen molar-refractivity contribution in [3.05, 3.63) is 70.8 Å². The second kappa shape index (κ2) is 7.48. The van der Waals surface area contributed by atoms with Crippen LogP contribution in [-0.2, 0) is 13.0 Å². The van der Waals surface area contributed by atoms with Crippen LogP contribution in [0, 0.1) is 13.8 Å². The Morgan fingerprint density at radius 2 is 1.52 bits per heavy atom. The molecule has 0 radical (unpaired) electrons. The summed E-state index contributed by atoms with van der Waals surface area (Å²) in [7, 11) is 0. The summed E-state index contributed by atoms with van der Waals surface area (Å²) in [6.07, 6.45) is 0.847. The molecule has 2 N–H and O–H groups in total. The van der Waals surface area contributed by atoms with Crippen molar-refractivity contribution in [2.24, 2.45) is 0 Å². The molecule has 0 aliphatic heterocycles. The van der Waals surface area contributed by atoms with E-state index in [1.54, 1.807) is 0 Å². The third-order valence-corrected chi connectivity index (χ3v) is 3.32. The second-order valence-electron chi connectivity index (χ2n) is 5.34. The van der Waals surface area contributed by atoms with Gasteiger partial charge in [-0.3, -0.25) is 0 Å². The largest absolute Gasteiger partial charge is 0.338 e. The van der Waals surface area contributed by atoms with Crippen LogP contribution in [0.5, 0.6) is 0 Å². The molecule has 0 fully saturated rings. The highest BCUT2D eigenvalue weighted by molar-refractivity contribution is 5.73. The Balaban J connectivity index is 1.70. The van der Waals surface area contributed by atoms with E-state index in [9.17, 15) is 4.79 Å². The smallest absolute Gasteiger partial charge is 0.315 e. The van der Waals surface area contributed by atoms with Crippen molar-refractivity contribution in [3.8, 4) is 0 Å². The molecule has 2 amide bonds. The normalized spacial score (nSPS) is 10.2. The Hall–Kier alpha value is -2.29. The summed E-state index contributed by atoms with van der Waals surface area (Å²) >= 11 is 0. The van der Waals surface area contributed by atoms with Crippen molar-refractivity contribution in [2.75, 3.05) is 6.54 Å². The quantitative estimate of drug-likeness (QED) is 0.867. The maximum Gasteiger partial charge on any atom is 0.315 e. The topological polar surface area (TPSA) is 41.1 Å². The van der Waals surface area contributed by atoms with Gasteiger partial charge in [0.15, 0.2) is 0 Å². The average Bonchev–Trinajstić information content (AvgIpc) is 2.45. The molecule has 3 heteroatoms. The maximum atomic E-state index is 11.7. The lowest BCUT2D eigenvalue weighted by atomic mass is 10.1. The van der Waals surface area contributed by atoms with Gasteiger partial charge in [-0.05, 0) is 31.4 Å². The van der Waals surface area contributed by atoms with Crippen molar-refractivity contribution in [1.29, 1.82) is 0 Å². The van der Waals surface area contributed by atoms with Crippen LogP contribution in [0.15, 0.2) is 48.5 Å². The fourth-order valence-corrected chi connectivity index (χ4v) is 2.25. The zero-order valence-electron chi connectivity index (χ0n) is 12.6. The van der Waals surface area contributed by atoms with E-state index >= 15 is 0 Å². The molecule has 0 bridgehead atoms. The Morgan fingerprint density at radius 1 is 0.905 bits per heavy atom. The van der Waals surface area contributed by atoms with Crippen LogP contribution in [0.1, 0.15) is 22.3 Å². The summed E-state index contributed by atoms with van der Waals surface area (Å²) in [6, 6.07) is 16.4. The number of aryl methyl sites for hydroxylation is 2. The lowest BCUT2D eigenvalue weighted by molar-refractivity contribution is 0.240. The van der Waals surface area contributed by atoms with Crippen LogP contribution >= 0.6 is 0 Å². The number of rotatable bonds is 5. The van der Waals surface area contributed by atoms with Crippen molar-refractivity contribution >= 4 is 6.03 Å². The van der Waals surface area contributed by atoms with E-state index in [4.69, 9.17) is 0 Å². The Labute approximate surface area is 126 Å². The predicted octanol–water partition coefficient (Wildman–Crippen LogP) is 3.35. The van der Waals surface area contributed by atoms with Gasteiger partial charge in [-0.15, -0.1) is 0 Å². The number of hydrogen-bond acceptors (Lipinski definition) is 1.